The molecule has 0 spiro atoms. The molecule has 164 valence electrons. The zero-order chi connectivity index (χ0) is 21.5. The zero-order valence-corrected chi connectivity index (χ0v) is 18.8. The molecular weight excluding hydrogens is 414 g/mol. The topological polar surface area (TPSA) is 110 Å². The van der Waals surface area contributed by atoms with Crippen molar-refractivity contribution in [2.75, 3.05) is 26.1 Å². The molecule has 1 aromatic heterocycles. The Morgan fingerprint density at radius 2 is 2.23 bits per heavy atom. The molecule has 0 bridgehead atoms. The Kier molecular flexibility index (Phi) is 5.45. The number of methoxy groups -OCH3 is 1. The van der Waals surface area contributed by atoms with Crippen LogP contribution in [0.15, 0.2) is 31.9 Å². The lowest BCUT2D eigenvalue weighted by molar-refractivity contribution is 0.189. The van der Waals surface area contributed by atoms with Gasteiger partial charge in [0.05, 0.1) is 25.1 Å². The average Bonchev–Trinajstić information content (AvgIpc) is 3.34. The molecule has 10 heteroatoms. The number of hydrazone groups is 2. The van der Waals surface area contributed by atoms with Gasteiger partial charge in [-0.1, -0.05) is 0 Å². The van der Waals surface area contributed by atoms with Gasteiger partial charge in [-0.15, -0.1) is 0 Å². The number of rotatable bonds is 5. The molecule has 1 unspecified atom stereocenters. The fourth-order valence-corrected chi connectivity index (χ4v) is 5.37. The van der Waals surface area contributed by atoms with Crippen molar-refractivity contribution in [1.29, 1.82) is 0 Å². The second-order valence-corrected chi connectivity index (χ2v) is 8.94. The minimum atomic E-state index is 0.207. The minimum absolute atomic E-state index is 0.207. The van der Waals surface area contributed by atoms with Crippen LogP contribution in [-0.2, 0) is 11.3 Å². The first-order valence-corrected chi connectivity index (χ1v) is 11.5. The number of nitrogens with one attached hydrogen (secondary N) is 1. The van der Waals surface area contributed by atoms with Crippen LogP contribution in [0.2, 0.25) is 0 Å². The van der Waals surface area contributed by atoms with Crippen LogP contribution in [-0.4, -0.2) is 65.5 Å². The van der Waals surface area contributed by atoms with Gasteiger partial charge in [-0.3, -0.25) is 4.98 Å². The van der Waals surface area contributed by atoms with Crippen LogP contribution in [0.3, 0.4) is 0 Å². The molecule has 31 heavy (non-hydrogen) atoms. The number of ether oxygens (including phenoxy) is 2. The minimum Gasteiger partial charge on any atom is -0.496 e. The Morgan fingerprint density at radius 1 is 1.35 bits per heavy atom. The molecule has 5 rings (SSSR count). The van der Waals surface area contributed by atoms with Crippen LogP contribution in [0.1, 0.15) is 29.7 Å². The lowest BCUT2D eigenvalue weighted by Crippen LogP contribution is -2.39. The van der Waals surface area contributed by atoms with Crippen molar-refractivity contribution in [3.63, 3.8) is 0 Å². The number of amidine groups is 1. The normalized spacial score (nSPS) is 25.1. The fraction of sp³-hybridized carbons (Fsp3) is 0.524. The van der Waals surface area contributed by atoms with Crippen LogP contribution < -0.4 is 15.8 Å². The van der Waals surface area contributed by atoms with Gasteiger partial charge < -0.3 is 20.5 Å². The van der Waals surface area contributed by atoms with Gasteiger partial charge in [0.25, 0.3) is 0 Å². The second-order valence-electron chi connectivity index (χ2n) is 8.21. The molecule has 0 aromatic carbocycles. The maximum Gasteiger partial charge on any atom is 0.160 e. The Balaban J connectivity index is 1.46. The summed E-state index contributed by atoms with van der Waals surface area (Å²) in [6.07, 6.45) is 3.67. The lowest BCUT2D eigenvalue weighted by atomic mass is 10.0. The van der Waals surface area contributed by atoms with E-state index in [0.29, 0.717) is 24.1 Å². The van der Waals surface area contributed by atoms with Gasteiger partial charge in [0, 0.05) is 53.8 Å². The van der Waals surface area contributed by atoms with E-state index in [1.165, 1.54) is 17.5 Å². The Hall–Kier alpha value is -2.43. The van der Waals surface area contributed by atoms with Gasteiger partial charge in [0.1, 0.15) is 18.0 Å². The highest BCUT2D eigenvalue weighted by atomic mass is 32.2. The van der Waals surface area contributed by atoms with E-state index in [9.17, 15) is 0 Å². The van der Waals surface area contributed by atoms with Crippen LogP contribution in [0.25, 0.3) is 0 Å². The number of aryl methyl sites for hydroxylation is 1. The molecule has 4 aliphatic rings. The first kappa shape index (κ1) is 20.5. The Morgan fingerprint density at radius 3 is 3.00 bits per heavy atom. The molecule has 4 heterocycles. The van der Waals surface area contributed by atoms with Crippen LogP contribution in [0.4, 0.5) is 0 Å². The summed E-state index contributed by atoms with van der Waals surface area (Å²) < 4.78 is 15.6. The molecular formula is C21H27N7O2S. The van der Waals surface area contributed by atoms with E-state index in [2.05, 4.69) is 14.7 Å². The maximum atomic E-state index is 6.31. The van der Waals surface area contributed by atoms with Crippen molar-refractivity contribution in [3.05, 3.63) is 34.2 Å². The van der Waals surface area contributed by atoms with Crippen molar-refractivity contribution in [2.45, 2.75) is 45.3 Å². The van der Waals surface area contributed by atoms with Crippen molar-refractivity contribution in [3.8, 4) is 5.75 Å². The van der Waals surface area contributed by atoms with Crippen molar-refractivity contribution >= 4 is 29.2 Å². The molecule has 3 aliphatic heterocycles. The summed E-state index contributed by atoms with van der Waals surface area (Å²) in [6.45, 7) is 6.01. The van der Waals surface area contributed by atoms with Crippen LogP contribution in [0.5, 0.6) is 5.75 Å². The summed E-state index contributed by atoms with van der Waals surface area (Å²) in [6, 6.07) is 0.576. The van der Waals surface area contributed by atoms with Gasteiger partial charge in [0.2, 0.25) is 0 Å². The van der Waals surface area contributed by atoms with E-state index in [1.807, 2.05) is 20.0 Å². The van der Waals surface area contributed by atoms with E-state index in [-0.39, 0.29) is 6.04 Å². The summed E-state index contributed by atoms with van der Waals surface area (Å²) >= 11 is 1.48. The SMILES string of the molecule is COc1c(C)cnc(CN2N=C3CC(N[C@H]4CCOC4)C4=C3C(=N2)C(N)=NSC4)c1C. The van der Waals surface area contributed by atoms with Crippen molar-refractivity contribution < 1.29 is 9.47 Å². The number of pyridine rings is 1. The molecule has 9 nitrogen and oxygen atoms in total. The highest BCUT2D eigenvalue weighted by molar-refractivity contribution is 7.98. The monoisotopic (exact) mass is 441 g/mol. The first-order chi connectivity index (χ1) is 15.0. The number of aromatic nitrogens is 1. The third-order valence-electron chi connectivity index (χ3n) is 6.15. The predicted molar refractivity (Wildman–Crippen MR) is 123 cm³/mol. The summed E-state index contributed by atoms with van der Waals surface area (Å²) in [7, 11) is 1.68. The third kappa shape index (κ3) is 3.72. The largest absolute Gasteiger partial charge is 0.496 e. The van der Waals surface area contributed by atoms with E-state index < -0.39 is 0 Å². The molecule has 0 saturated carbocycles. The highest BCUT2D eigenvalue weighted by Crippen LogP contribution is 2.35. The smallest absolute Gasteiger partial charge is 0.160 e. The fourth-order valence-electron chi connectivity index (χ4n) is 4.60. The second kappa shape index (κ2) is 8.25. The third-order valence-corrected chi connectivity index (χ3v) is 6.92. The number of hydrogen-bond acceptors (Lipinski definition) is 10. The van der Waals surface area contributed by atoms with Gasteiger partial charge in [-0.05, 0) is 37.8 Å². The molecule has 1 fully saturated rings. The molecule has 0 amide bonds. The molecule has 3 N–H and O–H groups in total. The number of nitrogens with zero attached hydrogens (tertiary/aromatic N) is 5. The summed E-state index contributed by atoms with van der Waals surface area (Å²) in [5.74, 6) is 2.08. The summed E-state index contributed by atoms with van der Waals surface area (Å²) in [5.41, 5.74) is 13.3. The van der Waals surface area contributed by atoms with E-state index in [1.54, 1.807) is 12.2 Å². The van der Waals surface area contributed by atoms with Gasteiger partial charge in [-0.25, -0.2) is 0 Å². The quantitative estimate of drug-likeness (QED) is 0.669. The Labute approximate surface area is 186 Å². The van der Waals surface area contributed by atoms with Crippen molar-refractivity contribution in [1.82, 2.24) is 15.4 Å². The van der Waals surface area contributed by atoms with Gasteiger partial charge >= 0.3 is 0 Å². The molecule has 2 atom stereocenters. The van der Waals surface area contributed by atoms with Gasteiger partial charge in [0.15, 0.2) is 5.84 Å². The first-order valence-electron chi connectivity index (χ1n) is 10.5. The summed E-state index contributed by atoms with van der Waals surface area (Å²) in [4.78, 5) is 4.60. The number of nitrogens with two attached hydrogens (primary N) is 1. The molecule has 1 saturated heterocycles. The summed E-state index contributed by atoms with van der Waals surface area (Å²) in [5, 5.41) is 15.1. The standard InChI is InChI=1S/C21H27N7O2S/c1-11-7-23-17(12(2)20(11)29-3)8-28-25-16-6-15(24-13-4-5-30-9-13)14-10-31-27-21(22)19(26-28)18(14)16/h7,13,15,24H,4-6,8-10H2,1-3H3,(H2,22,27)/t13-,15?/m0/s1. The van der Waals surface area contributed by atoms with Crippen LogP contribution >= 0.6 is 11.9 Å². The Bertz CT molecular complexity index is 1030. The highest BCUT2D eigenvalue weighted by Gasteiger charge is 2.39. The molecule has 1 aromatic rings. The zero-order valence-electron chi connectivity index (χ0n) is 18.0. The lowest BCUT2D eigenvalue weighted by Gasteiger charge is -2.23. The van der Waals surface area contributed by atoms with Crippen molar-refractivity contribution in [2.24, 2.45) is 20.3 Å². The predicted octanol–water partition coefficient (Wildman–Crippen LogP) is 1.70. The molecule has 1 aliphatic carbocycles. The maximum absolute atomic E-state index is 6.31. The van der Waals surface area contributed by atoms with Crippen LogP contribution in [0, 0.1) is 13.8 Å². The van der Waals surface area contributed by atoms with E-state index in [4.69, 9.17) is 25.4 Å². The van der Waals surface area contributed by atoms with Gasteiger partial charge in [-0.2, -0.15) is 19.7 Å². The number of hydrogen-bond donors (Lipinski definition) is 2. The van der Waals surface area contributed by atoms with E-state index >= 15 is 0 Å². The average molecular weight is 442 g/mol. The van der Waals surface area contributed by atoms with E-state index in [0.717, 1.165) is 65.7 Å². The molecule has 0 radical (unpaired) electrons.